The predicted octanol–water partition coefficient (Wildman–Crippen LogP) is 1.97. The van der Waals surface area contributed by atoms with Gasteiger partial charge in [-0.3, -0.25) is 4.79 Å². The number of carbonyl (C=O) groups excluding carboxylic acids is 1. The van der Waals surface area contributed by atoms with Crippen LogP contribution in [0.5, 0.6) is 0 Å². The topological polar surface area (TPSA) is 35.5 Å². The molecule has 0 fully saturated rings. The summed E-state index contributed by atoms with van der Waals surface area (Å²) in [5.74, 6) is -0.308. The van der Waals surface area contributed by atoms with E-state index in [1.54, 1.807) is 5.70 Å². The molecule has 0 aliphatic rings. The van der Waals surface area contributed by atoms with Crippen molar-refractivity contribution in [3.05, 3.63) is 12.3 Å². The molecule has 0 amide bonds. The Morgan fingerprint density at radius 3 is 2.69 bits per heavy atom. The monoisotopic (exact) mass is 201 g/mol. The second kappa shape index (κ2) is 6.86. The number of carbonyl (C=O) groups is 1. The maximum absolute atomic E-state index is 10.6. The molecule has 0 aliphatic carbocycles. The molecule has 0 heterocycles. The largest absolute Gasteiger partial charge is 0.491 e. The summed E-state index contributed by atoms with van der Waals surface area (Å²) in [7, 11) is -1.59. The van der Waals surface area contributed by atoms with Crippen molar-refractivity contribution >= 4 is 15.3 Å². The average Bonchev–Trinajstić information content (AvgIpc) is 2.02. The van der Waals surface area contributed by atoms with Crippen molar-refractivity contribution in [1.29, 1.82) is 0 Å². The first-order valence-corrected chi connectivity index (χ1v) is 5.84. The summed E-state index contributed by atoms with van der Waals surface area (Å²) in [6, 6.07) is 0. The minimum absolute atomic E-state index is 0.135. The van der Waals surface area contributed by atoms with Gasteiger partial charge in [0, 0.05) is 13.0 Å². The van der Waals surface area contributed by atoms with Gasteiger partial charge < -0.3 is 8.85 Å². The van der Waals surface area contributed by atoms with Crippen molar-refractivity contribution < 1.29 is 13.6 Å². The minimum Gasteiger partial charge on any atom is -0.489 e. The van der Waals surface area contributed by atoms with Crippen LogP contribution in [-0.2, 0) is 13.6 Å². The summed E-state index contributed by atoms with van der Waals surface area (Å²) < 4.78 is 10.4. The van der Waals surface area contributed by atoms with Crippen LogP contribution in [0.25, 0.3) is 0 Å². The van der Waals surface area contributed by atoms with Gasteiger partial charge in [-0.2, -0.15) is 0 Å². The predicted molar refractivity (Wildman–Crippen MR) is 53.2 cm³/mol. The Labute approximate surface area is 81.6 Å². The minimum atomic E-state index is -1.59. The molecule has 0 spiro atoms. The fourth-order valence-electron chi connectivity index (χ4n) is 0.919. The van der Waals surface area contributed by atoms with Crippen molar-refractivity contribution in [2.75, 3.05) is 0 Å². The van der Waals surface area contributed by atoms with Gasteiger partial charge in [-0.1, -0.05) is 13.3 Å². The van der Waals surface area contributed by atoms with Crippen LogP contribution in [0.4, 0.5) is 0 Å². The van der Waals surface area contributed by atoms with Crippen molar-refractivity contribution in [2.45, 2.75) is 39.7 Å². The Balaban J connectivity index is 3.82. The normalized spacial score (nSPS) is 12.6. The highest BCUT2D eigenvalue weighted by Gasteiger charge is 2.17. The van der Waals surface area contributed by atoms with E-state index in [9.17, 15) is 4.79 Å². The van der Waals surface area contributed by atoms with Crippen LogP contribution < -0.4 is 0 Å². The third-order valence-electron chi connectivity index (χ3n) is 1.42. The first-order valence-electron chi connectivity index (χ1n) is 4.44. The Morgan fingerprint density at radius 2 is 2.31 bits per heavy atom. The van der Waals surface area contributed by atoms with E-state index in [2.05, 4.69) is 13.5 Å². The Bertz CT molecular complexity index is 170. The maximum Gasteiger partial charge on any atom is 0.491 e. The van der Waals surface area contributed by atoms with E-state index >= 15 is 0 Å². The van der Waals surface area contributed by atoms with E-state index in [-0.39, 0.29) is 12.1 Å². The lowest BCUT2D eigenvalue weighted by molar-refractivity contribution is -0.133. The summed E-state index contributed by atoms with van der Waals surface area (Å²) in [6.45, 7) is 9.01. The standard InChI is InChI=1S/C9H17O3Si/c1-5-7-8(3)11-13(6-2)12-9(4)10/h6,8H,2,5,7H2,1,3-4H3. The Morgan fingerprint density at radius 1 is 1.69 bits per heavy atom. The van der Waals surface area contributed by atoms with E-state index in [1.807, 2.05) is 6.92 Å². The zero-order valence-corrected chi connectivity index (χ0v) is 9.50. The third kappa shape index (κ3) is 6.54. The van der Waals surface area contributed by atoms with E-state index in [0.717, 1.165) is 12.8 Å². The molecule has 0 bridgehead atoms. The zero-order chi connectivity index (χ0) is 10.3. The molecule has 0 aliphatic heterocycles. The molecule has 1 radical (unpaired) electrons. The van der Waals surface area contributed by atoms with Crippen LogP contribution in [0.1, 0.15) is 33.6 Å². The fourth-order valence-corrected chi connectivity index (χ4v) is 1.94. The molecule has 0 saturated carbocycles. The van der Waals surface area contributed by atoms with Gasteiger partial charge in [0.25, 0.3) is 5.97 Å². The van der Waals surface area contributed by atoms with Gasteiger partial charge in [0.15, 0.2) is 0 Å². The Kier molecular flexibility index (Phi) is 6.53. The van der Waals surface area contributed by atoms with Gasteiger partial charge >= 0.3 is 9.28 Å². The molecular weight excluding hydrogens is 184 g/mol. The second-order valence-corrected chi connectivity index (χ2v) is 4.32. The lowest BCUT2D eigenvalue weighted by Crippen LogP contribution is -2.27. The van der Waals surface area contributed by atoms with Crippen LogP contribution >= 0.6 is 0 Å². The molecule has 0 aromatic rings. The Hall–Kier alpha value is -0.613. The zero-order valence-electron chi connectivity index (χ0n) is 8.50. The summed E-state index contributed by atoms with van der Waals surface area (Å²) in [4.78, 5) is 10.6. The average molecular weight is 201 g/mol. The number of hydrogen-bond donors (Lipinski definition) is 0. The molecule has 4 heteroatoms. The van der Waals surface area contributed by atoms with Gasteiger partial charge in [-0.15, -0.1) is 6.58 Å². The lowest BCUT2D eigenvalue weighted by atomic mass is 10.2. The highest BCUT2D eigenvalue weighted by atomic mass is 28.3. The number of rotatable bonds is 6. The van der Waals surface area contributed by atoms with Gasteiger partial charge in [0.05, 0.1) is 0 Å². The molecule has 3 nitrogen and oxygen atoms in total. The molecule has 0 N–H and O–H groups in total. The van der Waals surface area contributed by atoms with Gasteiger partial charge in [-0.25, -0.2) is 0 Å². The first-order chi connectivity index (χ1) is 6.10. The summed E-state index contributed by atoms with van der Waals surface area (Å²) >= 11 is 0. The molecule has 1 unspecified atom stereocenters. The van der Waals surface area contributed by atoms with Crippen molar-refractivity contribution in [3.8, 4) is 0 Å². The molecule has 1 atom stereocenters. The van der Waals surface area contributed by atoms with E-state index in [0.29, 0.717) is 0 Å². The molecule has 0 aromatic carbocycles. The van der Waals surface area contributed by atoms with E-state index in [1.165, 1.54) is 6.92 Å². The second-order valence-electron chi connectivity index (χ2n) is 2.83. The fraction of sp³-hybridized carbons (Fsp3) is 0.667. The SMILES string of the molecule is C=C[Si](OC(C)=O)OC(C)CCC. The molecular formula is C9H17O3Si. The van der Waals surface area contributed by atoms with Crippen LogP contribution in [-0.4, -0.2) is 21.4 Å². The number of hydrogen-bond acceptors (Lipinski definition) is 3. The maximum atomic E-state index is 10.6. The van der Waals surface area contributed by atoms with Crippen LogP contribution in [0, 0.1) is 0 Å². The van der Waals surface area contributed by atoms with Gasteiger partial charge in [-0.05, 0) is 19.0 Å². The third-order valence-corrected chi connectivity index (χ3v) is 2.88. The first kappa shape index (κ1) is 12.4. The molecule has 75 valence electrons. The van der Waals surface area contributed by atoms with Gasteiger partial charge in [0.2, 0.25) is 0 Å². The van der Waals surface area contributed by atoms with E-state index < -0.39 is 9.28 Å². The highest BCUT2D eigenvalue weighted by molar-refractivity contribution is 6.52. The molecule has 0 saturated heterocycles. The van der Waals surface area contributed by atoms with Crippen LogP contribution in [0.3, 0.4) is 0 Å². The quantitative estimate of drug-likeness (QED) is 0.616. The highest BCUT2D eigenvalue weighted by Crippen LogP contribution is 2.04. The van der Waals surface area contributed by atoms with Gasteiger partial charge in [0.1, 0.15) is 0 Å². The van der Waals surface area contributed by atoms with Crippen molar-refractivity contribution in [3.63, 3.8) is 0 Å². The molecule has 0 aromatic heterocycles. The molecule has 0 rings (SSSR count). The van der Waals surface area contributed by atoms with Crippen LogP contribution in [0.15, 0.2) is 12.3 Å². The van der Waals surface area contributed by atoms with E-state index in [4.69, 9.17) is 8.85 Å². The van der Waals surface area contributed by atoms with Crippen molar-refractivity contribution in [2.24, 2.45) is 0 Å². The smallest absolute Gasteiger partial charge is 0.489 e. The summed E-state index contributed by atoms with van der Waals surface area (Å²) in [5, 5.41) is 0. The van der Waals surface area contributed by atoms with Crippen molar-refractivity contribution in [1.82, 2.24) is 0 Å². The molecule has 13 heavy (non-hydrogen) atoms. The summed E-state index contributed by atoms with van der Waals surface area (Å²) in [6.07, 6.45) is 2.17. The lowest BCUT2D eigenvalue weighted by Gasteiger charge is -2.15. The van der Waals surface area contributed by atoms with Crippen LogP contribution in [0.2, 0.25) is 0 Å². The summed E-state index contributed by atoms with van der Waals surface area (Å²) in [5.41, 5.74) is 1.58.